The van der Waals surface area contributed by atoms with Gasteiger partial charge in [-0.1, -0.05) is 24.6 Å². The zero-order chi connectivity index (χ0) is 15.5. The molecule has 6 nitrogen and oxygen atoms in total. The van der Waals surface area contributed by atoms with Crippen molar-refractivity contribution < 1.29 is 13.2 Å². The van der Waals surface area contributed by atoms with Crippen LogP contribution in [0.15, 0.2) is 23.1 Å². The topological polar surface area (TPSA) is 84.7 Å². The first-order chi connectivity index (χ1) is 9.94. The quantitative estimate of drug-likeness (QED) is 0.783. The molecule has 1 aliphatic rings. The Hall–Kier alpha value is -0.860. The van der Waals surface area contributed by atoms with Crippen LogP contribution in [0, 0.1) is 0 Å². The fourth-order valence-corrected chi connectivity index (χ4v) is 4.01. The molecule has 0 amide bonds. The molecule has 1 heterocycles. The highest BCUT2D eigenvalue weighted by Crippen LogP contribution is 2.26. The smallest absolute Gasteiger partial charge is 0.244 e. The molecular formula is C13H20ClN3O3S. The van der Waals surface area contributed by atoms with Crippen molar-refractivity contribution in [1.29, 1.82) is 0 Å². The molecule has 0 saturated carbocycles. The maximum Gasteiger partial charge on any atom is 0.244 e. The normalized spacial score (nSPS) is 20.6. The van der Waals surface area contributed by atoms with Crippen molar-refractivity contribution >= 4 is 27.3 Å². The zero-order valence-corrected chi connectivity index (χ0v) is 13.5. The van der Waals surface area contributed by atoms with Gasteiger partial charge in [-0.3, -0.25) is 4.90 Å². The molecule has 1 aliphatic heterocycles. The number of hydrogen-bond acceptors (Lipinski definition) is 5. The molecule has 1 saturated heterocycles. The summed E-state index contributed by atoms with van der Waals surface area (Å²) >= 11 is 5.94. The fourth-order valence-electron chi connectivity index (χ4n) is 2.27. The molecule has 2 rings (SSSR count). The summed E-state index contributed by atoms with van der Waals surface area (Å²) in [7, 11) is -3.75. The number of nitrogen functional groups attached to an aromatic ring is 1. The number of nitrogens with two attached hydrogens (primary N) is 1. The highest BCUT2D eigenvalue weighted by Gasteiger charge is 2.25. The van der Waals surface area contributed by atoms with Gasteiger partial charge in [0.05, 0.1) is 23.4 Å². The predicted octanol–water partition coefficient (Wildman–Crippen LogP) is 0.921. The van der Waals surface area contributed by atoms with Gasteiger partial charge in [-0.15, -0.1) is 0 Å². The van der Waals surface area contributed by atoms with Crippen molar-refractivity contribution in [2.75, 3.05) is 38.5 Å². The van der Waals surface area contributed by atoms with E-state index in [0.717, 1.165) is 13.1 Å². The SMILES string of the molecule is CCN1CCOC(CNS(=O)(=O)c2c(N)cccc2Cl)C1. The number of nitrogens with one attached hydrogen (secondary N) is 1. The summed E-state index contributed by atoms with van der Waals surface area (Å²) in [6.07, 6.45) is -0.169. The number of halogens is 1. The number of benzene rings is 1. The van der Waals surface area contributed by atoms with E-state index < -0.39 is 10.0 Å². The summed E-state index contributed by atoms with van der Waals surface area (Å²) in [5, 5.41) is 0.113. The second-order valence-corrected chi connectivity index (χ2v) is 7.01. The number of sulfonamides is 1. The van der Waals surface area contributed by atoms with Crippen LogP contribution in [-0.4, -0.2) is 52.2 Å². The Labute approximate surface area is 130 Å². The van der Waals surface area contributed by atoms with Crippen LogP contribution in [-0.2, 0) is 14.8 Å². The Balaban J connectivity index is 2.05. The average Bonchev–Trinajstić information content (AvgIpc) is 2.45. The number of morpholine rings is 1. The van der Waals surface area contributed by atoms with E-state index in [1.165, 1.54) is 12.1 Å². The standard InChI is InChI=1S/C13H20ClN3O3S/c1-2-17-6-7-20-10(9-17)8-16-21(18,19)13-11(14)4-3-5-12(13)15/h3-5,10,16H,2,6-9,15H2,1H3. The first-order valence-corrected chi connectivity index (χ1v) is 8.67. The molecule has 0 aliphatic carbocycles. The van der Waals surface area contributed by atoms with Crippen LogP contribution in [0.5, 0.6) is 0 Å². The van der Waals surface area contributed by atoms with Gasteiger partial charge in [0.25, 0.3) is 0 Å². The third-order valence-corrected chi connectivity index (χ3v) is 5.40. The van der Waals surface area contributed by atoms with Crippen LogP contribution in [0.3, 0.4) is 0 Å². The van der Waals surface area contributed by atoms with Crippen molar-refractivity contribution in [2.45, 2.75) is 17.9 Å². The number of hydrogen-bond donors (Lipinski definition) is 2. The van der Waals surface area contributed by atoms with Crippen molar-refractivity contribution in [1.82, 2.24) is 9.62 Å². The number of nitrogens with zero attached hydrogens (tertiary/aromatic N) is 1. The summed E-state index contributed by atoms with van der Waals surface area (Å²) in [4.78, 5) is 2.14. The molecule has 1 unspecified atom stereocenters. The molecule has 0 aromatic heterocycles. The maximum atomic E-state index is 12.3. The van der Waals surface area contributed by atoms with Gasteiger partial charge in [-0.2, -0.15) is 0 Å². The molecule has 1 atom stereocenters. The van der Waals surface area contributed by atoms with E-state index in [-0.39, 0.29) is 28.3 Å². The van der Waals surface area contributed by atoms with E-state index in [2.05, 4.69) is 16.5 Å². The van der Waals surface area contributed by atoms with Crippen molar-refractivity contribution in [3.8, 4) is 0 Å². The zero-order valence-electron chi connectivity index (χ0n) is 11.9. The van der Waals surface area contributed by atoms with Crippen LogP contribution in [0.2, 0.25) is 5.02 Å². The van der Waals surface area contributed by atoms with E-state index in [1.807, 2.05) is 0 Å². The Morgan fingerprint density at radius 1 is 1.52 bits per heavy atom. The molecule has 1 aromatic rings. The van der Waals surface area contributed by atoms with Crippen LogP contribution < -0.4 is 10.5 Å². The van der Waals surface area contributed by atoms with Gasteiger partial charge in [0.1, 0.15) is 4.90 Å². The molecule has 118 valence electrons. The predicted molar refractivity (Wildman–Crippen MR) is 82.9 cm³/mol. The third kappa shape index (κ3) is 4.08. The van der Waals surface area contributed by atoms with Crippen LogP contribution in [0.4, 0.5) is 5.69 Å². The van der Waals surface area contributed by atoms with Gasteiger partial charge in [0, 0.05) is 19.6 Å². The van der Waals surface area contributed by atoms with Crippen molar-refractivity contribution in [3.63, 3.8) is 0 Å². The van der Waals surface area contributed by atoms with Gasteiger partial charge in [-0.25, -0.2) is 13.1 Å². The molecule has 0 radical (unpaired) electrons. The minimum absolute atomic E-state index is 0.0742. The first kappa shape index (κ1) is 16.5. The summed E-state index contributed by atoms with van der Waals surface area (Å²) in [6.45, 7) is 5.37. The van der Waals surface area contributed by atoms with Gasteiger partial charge < -0.3 is 10.5 Å². The van der Waals surface area contributed by atoms with E-state index in [9.17, 15) is 8.42 Å². The van der Waals surface area contributed by atoms with E-state index in [0.29, 0.717) is 13.2 Å². The lowest BCUT2D eigenvalue weighted by Gasteiger charge is -2.32. The Kier molecular flexibility index (Phi) is 5.45. The Bertz CT molecular complexity index is 574. The summed E-state index contributed by atoms with van der Waals surface area (Å²) in [6, 6.07) is 4.62. The average molecular weight is 334 g/mol. The van der Waals surface area contributed by atoms with E-state index in [1.54, 1.807) is 6.07 Å². The minimum atomic E-state index is -3.75. The lowest BCUT2D eigenvalue weighted by molar-refractivity contribution is -0.0229. The second kappa shape index (κ2) is 6.93. The highest BCUT2D eigenvalue weighted by atomic mass is 35.5. The van der Waals surface area contributed by atoms with Gasteiger partial charge in [-0.05, 0) is 18.7 Å². The number of likely N-dealkylation sites (N-methyl/N-ethyl adjacent to an activating group) is 1. The second-order valence-electron chi connectivity index (χ2n) is 4.90. The maximum absolute atomic E-state index is 12.3. The minimum Gasteiger partial charge on any atom is -0.398 e. The number of anilines is 1. The largest absolute Gasteiger partial charge is 0.398 e. The highest BCUT2D eigenvalue weighted by molar-refractivity contribution is 7.89. The molecule has 8 heteroatoms. The molecule has 0 bridgehead atoms. The molecule has 21 heavy (non-hydrogen) atoms. The third-order valence-electron chi connectivity index (χ3n) is 3.44. The molecule has 0 spiro atoms. The Morgan fingerprint density at radius 2 is 2.29 bits per heavy atom. The number of rotatable bonds is 5. The van der Waals surface area contributed by atoms with E-state index in [4.69, 9.17) is 22.1 Å². The van der Waals surface area contributed by atoms with Crippen LogP contribution in [0.25, 0.3) is 0 Å². The van der Waals surface area contributed by atoms with Gasteiger partial charge in [0.15, 0.2) is 0 Å². The van der Waals surface area contributed by atoms with Crippen LogP contribution in [0.1, 0.15) is 6.92 Å². The van der Waals surface area contributed by atoms with Gasteiger partial charge >= 0.3 is 0 Å². The number of ether oxygens (including phenoxy) is 1. The Morgan fingerprint density at radius 3 is 2.95 bits per heavy atom. The summed E-state index contributed by atoms with van der Waals surface area (Å²) < 4.78 is 32.7. The van der Waals surface area contributed by atoms with Crippen molar-refractivity contribution in [3.05, 3.63) is 23.2 Å². The molecule has 1 aromatic carbocycles. The fraction of sp³-hybridized carbons (Fsp3) is 0.538. The lowest BCUT2D eigenvalue weighted by atomic mass is 10.3. The van der Waals surface area contributed by atoms with Gasteiger partial charge in [0.2, 0.25) is 10.0 Å². The first-order valence-electron chi connectivity index (χ1n) is 6.81. The van der Waals surface area contributed by atoms with Crippen molar-refractivity contribution in [2.24, 2.45) is 0 Å². The van der Waals surface area contributed by atoms with E-state index >= 15 is 0 Å². The summed E-state index contributed by atoms with van der Waals surface area (Å²) in [5.41, 5.74) is 5.85. The molecular weight excluding hydrogens is 314 g/mol. The monoisotopic (exact) mass is 333 g/mol. The molecule has 3 N–H and O–H groups in total. The molecule has 1 fully saturated rings. The lowest BCUT2D eigenvalue weighted by Crippen LogP contribution is -2.47. The summed E-state index contributed by atoms with van der Waals surface area (Å²) in [5.74, 6) is 0. The van der Waals surface area contributed by atoms with Crippen LogP contribution >= 0.6 is 11.6 Å².